The van der Waals surface area contributed by atoms with Gasteiger partial charge in [-0.2, -0.15) is 0 Å². The van der Waals surface area contributed by atoms with Crippen molar-refractivity contribution in [2.24, 2.45) is 0 Å². The van der Waals surface area contributed by atoms with E-state index in [9.17, 15) is 9.59 Å². The van der Waals surface area contributed by atoms with Gasteiger partial charge in [0.15, 0.2) is 0 Å². The number of benzene rings is 1. The van der Waals surface area contributed by atoms with Crippen molar-refractivity contribution in [3.63, 3.8) is 0 Å². The van der Waals surface area contributed by atoms with Crippen LogP contribution in [0.15, 0.2) is 41.2 Å². The van der Waals surface area contributed by atoms with Crippen LogP contribution in [-0.4, -0.2) is 31.1 Å². The molecule has 2 aliphatic heterocycles. The topological polar surface area (TPSA) is 71.8 Å². The van der Waals surface area contributed by atoms with Crippen LogP contribution in [0.25, 0.3) is 0 Å². The Morgan fingerprint density at radius 1 is 1.30 bits per heavy atom. The molecule has 0 spiro atoms. The zero-order valence-electron chi connectivity index (χ0n) is 12.5. The van der Waals surface area contributed by atoms with Crippen LogP contribution in [0.1, 0.15) is 22.3 Å². The van der Waals surface area contributed by atoms with Crippen molar-refractivity contribution in [1.82, 2.24) is 0 Å². The van der Waals surface area contributed by atoms with E-state index in [1.165, 1.54) is 12.5 Å². The highest BCUT2D eigenvalue weighted by Crippen LogP contribution is 2.32. The first-order valence-electron chi connectivity index (χ1n) is 7.62. The Morgan fingerprint density at radius 2 is 2.22 bits per heavy atom. The SMILES string of the molecule is O=C1OCC[C@H]1Nc1ccc2c(c1)CCN2C(=O)c1ccoc1. The van der Waals surface area contributed by atoms with E-state index in [4.69, 9.17) is 9.15 Å². The number of nitrogens with one attached hydrogen (secondary N) is 1. The molecule has 4 rings (SSSR count). The van der Waals surface area contributed by atoms with Gasteiger partial charge in [-0.1, -0.05) is 0 Å². The number of hydrogen-bond acceptors (Lipinski definition) is 5. The maximum atomic E-state index is 12.5. The van der Waals surface area contributed by atoms with E-state index in [1.54, 1.807) is 11.0 Å². The van der Waals surface area contributed by atoms with Crippen molar-refractivity contribution >= 4 is 23.3 Å². The van der Waals surface area contributed by atoms with Crippen LogP contribution in [0.4, 0.5) is 11.4 Å². The van der Waals surface area contributed by atoms with Gasteiger partial charge >= 0.3 is 5.97 Å². The summed E-state index contributed by atoms with van der Waals surface area (Å²) in [6.45, 7) is 1.11. The highest BCUT2D eigenvalue weighted by molar-refractivity contribution is 6.07. The van der Waals surface area contributed by atoms with Crippen molar-refractivity contribution in [2.45, 2.75) is 18.9 Å². The number of carbonyl (C=O) groups is 2. The van der Waals surface area contributed by atoms with Gasteiger partial charge in [-0.15, -0.1) is 0 Å². The summed E-state index contributed by atoms with van der Waals surface area (Å²) >= 11 is 0. The third kappa shape index (κ3) is 2.46. The highest BCUT2D eigenvalue weighted by atomic mass is 16.5. The molecule has 0 unspecified atom stereocenters. The number of carbonyl (C=O) groups excluding carboxylic acids is 2. The molecule has 6 nitrogen and oxygen atoms in total. The fourth-order valence-electron chi connectivity index (χ4n) is 3.07. The third-order valence-corrected chi connectivity index (χ3v) is 4.26. The van der Waals surface area contributed by atoms with Crippen LogP contribution in [-0.2, 0) is 16.0 Å². The Kier molecular flexibility index (Phi) is 3.29. The molecule has 1 atom stereocenters. The molecule has 6 heteroatoms. The average molecular weight is 312 g/mol. The molecule has 0 radical (unpaired) electrons. The van der Waals surface area contributed by atoms with Crippen LogP contribution < -0.4 is 10.2 Å². The molecule has 1 fully saturated rings. The lowest BCUT2D eigenvalue weighted by Crippen LogP contribution is -2.28. The zero-order chi connectivity index (χ0) is 15.8. The first kappa shape index (κ1) is 13.9. The summed E-state index contributed by atoms with van der Waals surface area (Å²) in [4.78, 5) is 25.8. The average Bonchev–Trinajstić information content (AvgIpc) is 3.28. The fraction of sp³-hybridized carbons (Fsp3) is 0.294. The molecule has 2 aliphatic rings. The number of cyclic esters (lactones) is 1. The first-order valence-corrected chi connectivity index (χ1v) is 7.62. The Balaban J connectivity index is 1.54. The summed E-state index contributed by atoms with van der Waals surface area (Å²) in [5.74, 6) is -0.264. The highest BCUT2D eigenvalue weighted by Gasteiger charge is 2.28. The lowest BCUT2D eigenvalue weighted by molar-refractivity contribution is -0.138. The van der Waals surface area contributed by atoms with Gasteiger partial charge in [0.05, 0.1) is 18.4 Å². The Bertz CT molecular complexity index is 754. The van der Waals surface area contributed by atoms with Gasteiger partial charge in [0.2, 0.25) is 0 Å². The van der Waals surface area contributed by atoms with Crippen LogP contribution >= 0.6 is 0 Å². The Labute approximate surface area is 133 Å². The fourth-order valence-corrected chi connectivity index (χ4v) is 3.07. The predicted octanol–water partition coefficient (Wildman–Crippen LogP) is 2.21. The number of rotatable bonds is 3. The number of furan rings is 1. The van der Waals surface area contributed by atoms with Gasteiger partial charge in [0.1, 0.15) is 12.3 Å². The number of hydrogen-bond donors (Lipinski definition) is 1. The van der Waals surface area contributed by atoms with E-state index >= 15 is 0 Å². The number of nitrogens with zero attached hydrogens (tertiary/aromatic N) is 1. The minimum Gasteiger partial charge on any atom is -0.472 e. The van der Waals surface area contributed by atoms with Gasteiger partial charge in [0, 0.05) is 24.3 Å². The second kappa shape index (κ2) is 5.46. The monoisotopic (exact) mass is 312 g/mol. The molecule has 1 aromatic carbocycles. The molecule has 1 amide bonds. The van der Waals surface area contributed by atoms with E-state index in [0.717, 1.165) is 23.4 Å². The van der Waals surface area contributed by atoms with Gasteiger partial charge in [0.25, 0.3) is 5.91 Å². The van der Waals surface area contributed by atoms with E-state index < -0.39 is 0 Å². The predicted molar refractivity (Wildman–Crippen MR) is 83.5 cm³/mol. The van der Waals surface area contributed by atoms with Crippen molar-refractivity contribution in [3.8, 4) is 0 Å². The summed E-state index contributed by atoms with van der Waals surface area (Å²) < 4.78 is 9.94. The van der Waals surface area contributed by atoms with E-state index in [1.807, 2.05) is 18.2 Å². The quantitative estimate of drug-likeness (QED) is 0.880. The van der Waals surface area contributed by atoms with Crippen LogP contribution in [0, 0.1) is 0 Å². The molecular weight excluding hydrogens is 296 g/mol. The largest absolute Gasteiger partial charge is 0.472 e. The molecule has 23 heavy (non-hydrogen) atoms. The van der Waals surface area contributed by atoms with Crippen molar-refractivity contribution in [2.75, 3.05) is 23.4 Å². The number of fused-ring (bicyclic) bond motifs is 1. The summed E-state index contributed by atoms with van der Waals surface area (Å²) in [7, 11) is 0. The van der Waals surface area contributed by atoms with Gasteiger partial charge in [-0.25, -0.2) is 4.79 Å². The molecule has 2 aromatic rings. The lowest BCUT2D eigenvalue weighted by atomic mass is 10.1. The second-order valence-corrected chi connectivity index (χ2v) is 5.72. The molecule has 1 N–H and O–H groups in total. The maximum absolute atomic E-state index is 12.5. The maximum Gasteiger partial charge on any atom is 0.328 e. The number of ether oxygens (including phenoxy) is 1. The van der Waals surface area contributed by atoms with Gasteiger partial charge < -0.3 is 19.4 Å². The van der Waals surface area contributed by atoms with Gasteiger partial charge in [-0.05, 0) is 36.2 Å². The van der Waals surface area contributed by atoms with Crippen LogP contribution in [0.2, 0.25) is 0 Å². The normalized spacial score (nSPS) is 19.6. The van der Waals surface area contributed by atoms with Crippen LogP contribution in [0.3, 0.4) is 0 Å². The Morgan fingerprint density at radius 3 is 2.96 bits per heavy atom. The number of anilines is 2. The van der Waals surface area contributed by atoms with E-state index in [2.05, 4.69) is 5.32 Å². The number of amides is 1. The van der Waals surface area contributed by atoms with Gasteiger partial charge in [-0.3, -0.25) is 4.79 Å². The van der Waals surface area contributed by atoms with Crippen LogP contribution in [0.5, 0.6) is 0 Å². The molecule has 3 heterocycles. The molecule has 1 aromatic heterocycles. The molecule has 0 aliphatic carbocycles. The zero-order valence-corrected chi connectivity index (χ0v) is 12.5. The molecule has 118 valence electrons. The minimum absolute atomic E-state index is 0.0578. The summed E-state index contributed by atoms with van der Waals surface area (Å²) in [6.07, 6.45) is 4.43. The van der Waals surface area contributed by atoms with Crippen molar-refractivity contribution in [3.05, 3.63) is 47.9 Å². The van der Waals surface area contributed by atoms with E-state index in [0.29, 0.717) is 25.1 Å². The lowest BCUT2D eigenvalue weighted by Gasteiger charge is -2.17. The van der Waals surface area contributed by atoms with Crippen molar-refractivity contribution < 1.29 is 18.7 Å². The second-order valence-electron chi connectivity index (χ2n) is 5.72. The molecule has 0 saturated carbocycles. The molecule has 0 bridgehead atoms. The molecular formula is C17H16N2O4. The summed E-state index contributed by atoms with van der Waals surface area (Å²) in [5.41, 5.74) is 3.44. The minimum atomic E-state index is -0.280. The number of esters is 1. The summed E-state index contributed by atoms with van der Waals surface area (Å²) in [5, 5.41) is 3.20. The third-order valence-electron chi connectivity index (χ3n) is 4.26. The van der Waals surface area contributed by atoms with E-state index in [-0.39, 0.29) is 17.9 Å². The summed E-state index contributed by atoms with van der Waals surface area (Å²) in [6, 6.07) is 7.21. The van der Waals surface area contributed by atoms with Crippen molar-refractivity contribution in [1.29, 1.82) is 0 Å². The Hall–Kier alpha value is -2.76. The standard InChI is InChI=1S/C17H16N2O4/c20-16(12-4-7-22-10-12)19-6-3-11-9-13(1-2-15(11)19)18-14-5-8-23-17(14)21/h1-2,4,7,9-10,14,18H,3,5-6,8H2/t14-/m1/s1. The first-order chi connectivity index (χ1) is 11.2. The smallest absolute Gasteiger partial charge is 0.328 e. The molecule has 1 saturated heterocycles.